The molecule has 2 rings (SSSR count). The maximum atomic E-state index is 2.17. The molecular formula is C13H11Zn. The molecule has 0 aromatic heterocycles. The zero-order valence-corrected chi connectivity index (χ0v) is 11.0. The summed E-state index contributed by atoms with van der Waals surface area (Å²) >= 11 is 0. The van der Waals surface area contributed by atoms with Crippen LogP contribution in [0.5, 0.6) is 0 Å². The van der Waals surface area contributed by atoms with Crippen LogP contribution in [-0.4, -0.2) is 0 Å². The number of benzene rings is 2. The van der Waals surface area contributed by atoms with E-state index >= 15 is 0 Å². The Balaban J connectivity index is 0.000000980. The molecule has 0 aliphatic carbocycles. The molecule has 0 spiro atoms. The molecule has 0 aliphatic heterocycles. The molecular weight excluding hydrogens is 222 g/mol. The minimum Gasteiger partial charge on any atom is -0.0622 e. The first kappa shape index (κ1) is 11.1. The minimum atomic E-state index is 0. The van der Waals surface area contributed by atoms with Gasteiger partial charge in [-0.1, -0.05) is 60.7 Å². The van der Waals surface area contributed by atoms with E-state index in [4.69, 9.17) is 0 Å². The van der Waals surface area contributed by atoms with E-state index in [-0.39, 0.29) is 19.5 Å². The Kier molecular flexibility index (Phi) is 4.55. The smallest absolute Gasteiger partial charge is 0.0199 e. The third kappa shape index (κ3) is 3.08. The van der Waals surface area contributed by atoms with Crippen molar-refractivity contribution in [2.24, 2.45) is 0 Å². The van der Waals surface area contributed by atoms with Gasteiger partial charge in [0.25, 0.3) is 0 Å². The SMILES string of the molecule is [CH](c1ccccc1)c1ccccc1.[Zn]. The van der Waals surface area contributed by atoms with E-state index in [0.717, 1.165) is 0 Å². The van der Waals surface area contributed by atoms with E-state index in [1.807, 2.05) is 12.1 Å². The van der Waals surface area contributed by atoms with Crippen molar-refractivity contribution in [3.05, 3.63) is 78.2 Å². The third-order valence-corrected chi connectivity index (χ3v) is 1.93. The van der Waals surface area contributed by atoms with Gasteiger partial charge in [-0.05, 0) is 11.1 Å². The molecule has 0 saturated heterocycles. The Morgan fingerprint density at radius 3 is 1.29 bits per heavy atom. The Hall–Kier alpha value is -0.937. The predicted octanol–water partition coefficient (Wildman–Crippen LogP) is 3.28. The normalized spacial score (nSPS) is 9.14. The fraction of sp³-hybridized carbons (Fsp3) is 0. The summed E-state index contributed by atoms with van der Waals surface area (Å²) < 4.78 is 0. The van der Waals surface area contributed by atoms with Crippen molar-refractivity contribution >= 4 is 0 Å². The number of hydrogen-bond acceptors (Lipinski definition) is 0. The summed E-state index contributed by atoms with van der Waals surface area (Å²) in [6.07, 6.45) is 2.17. The molecule has 0 amide bonds. The van der Waals surface area contributed by atoms with Crippen molar-refractivity contribution in [2.45, 2.75) is 0 Å². The molecule has 0 atom stereocenters. The van der Waals surface area contributed by atoms with E-state index in [2.05, 4.69) is 55.0 Å². The van der Waals surface area contributed by atoms with Crippen LogP contribution in [0.3, 0.4) is 0 Å². The molecule has 0 heterocycles. The van der Waals surface area contributed by atoms with E-state index in [1.165, 1.54) is 11.1 Å². The molecule has 2 aromatic carbocycles. The predicted molar refractivity (Wildman–Crippen MR) is 55.4 cm³/mol. The van der Waals surface area contributed by atoms with Gasteiger partial charge in [-0.15, -0.1) is 0 Å². The zero-order chi connectivity index (χ0) is 8.93. The van der Waals surface area contributed by atoms with E-state index < -0.39 is 0 Å². The van der Waals surface area contributed by atoms with Gasteiger partial charge in [0, 0.05) is 25.9 Å². The van der Waals surface area contributed by atoms with Gasteiger partial charge in [0.15, 0.2) is 0 Å². The van der Waals surface area contributed by atoms with Crippen molar-refractivity contribution < 1.29 is 19.5 Å². The fourth-order valence-electron chi connectivity index (χ4n) is 1.29. The average Bonchev–Trinajstić information content (AvgIpc) is 2.21. The standard InChI is InChI=1S/C13H11.Zn/c1-3-7-12(8-4-1)11-13-9-5-2-6-10-13;/h1-11H;. The van der Waals surface area contributed by atoms with Crippen LogP contribution in [-0.2, 0) is 19.5 Å². The fourth-order valence-corrected chi connectivity index (χ4v) is 1.29. The average molecular weight is 233 g/mol. The van der Waals surface area contributed by atoms with Gasteiger partial charge in [-0.2, -0.15) is 0 Å². The minimum absolute atomic E-state index is 0. The van der Waals surface area contributed by atoms with Crippen molar-refractivity contribution in [3.63, 3.8) is 0 Å². The molecule has 2 aromatic rings. The topological polar surface area (TPSA) is 0 Å². The Morgan fingerprint density at radius 1 is 0.571 bits per heavy atom. The first-order chi connectivity index (χ1) is 6.45. The van der Waals surface area contributed by atoms with Crippen LogP contribution in [0.15, 0.2) is 60.7 Å². The monoisotopic (exact) mass is 231 g/mol. The van der Waals surface area contributed by atoms with Gasteiger partial charge in [0.1, 0.15) is 0 Å². The summed E-state index contributed by atoms with van der Waals surface area (Å²) in [6.45, 7) is 0. The molecule has 0 nitrogen and oxygen atoms in total. The molecule has 0 bridgehead atoms. The van der Waals surface area contributed by atoms with Crippen LogP contribution < -0.4 is 0 Å². The quantitative estimate of drug-likeness (QED) is 0.697. The second-order valence-electron chi connectivity index (χ2n) is 2.97. The van der Waals surface area contributed by atoms with Crippen LogP contribution >= 0.6 is 0 Å². The summed E-state index contributed by atoms with van der Waals surface area (Å²) in [5.74, 6) is 0. The maximum absolute atomic E-state index is 2.17. The third-order valence-electron chi connectivity index (χ3n) is 1.93. The molecule has 1 radical (unpaired) electrons. The maximum Gasteiger partial charge on any atom is 0.0199 e. The van der Waals surface area contributed by atoms with Gasteiger partial charge in [0.05, 0.1) is 0 Å². The van der Waals surface area contributed by atoms with Crippen molar-refractivity contribution in [2.75, 3.05) is 0 Å². The summed E-state index contributed by atoms with van der Waals surface area (Å²) in [6, 6.07) is 20.7. The van der Waals surface area contributed by atoms with E-state index in [0.29, 0.717) is 0 Å². The first-order valence-electron chi connectivity index (χ1n) is 4.40. The summed E-state index contributed by atoms with van der Waals surface area (Å²) in [5.41, 5.74) is 2.49. The van der Waals surface area contributed by atoms with Crippen LogP contribution in [0.2, 0.25) is 0 Å². The summed E-state index contributed by atoms with van der Waals surface area (Å²) in [7, 11) is 0. The molecule has 0 fully saturated rings. The molecule has 14 heavy (non-hydrogen) atoms. The first-order valence-corrected chi connectivity index (χ1v) is 4.40. The number of hydrogen-bond donors (Lipinski definition) is 0. The van der Waals surface area contributed by atoms with Crippen LogP contribution in [0.25, 0.3) is 0 Å². The van der Waals surface area contributed by atoms with E-state index in [1.54, 1.807) is 0 Å². The molecule has 1 heteroatoms. The second kappa shape index (κ2) is 5.72. The van der Waals surface area contributed by atoms with Gasteiger partial charge in [0.2, 0.25) is 0 Å². The van der Waals surface area contributed by atoms with Crippen LogP contribution in [0.4, 0.5) is 0 Å². The molecule has 65 valence electrons. The molecule has 0 aliphatic rings. The van der Waals surface area contributed by atoms with Crippen molar-refractivity contribution in [3.8, 4) is 0 Å². The molecule has 0 N–H and O–H groups in total. The van der Waals surface area contributed by atoms with Crippen molar-refractivity contribution in [1.82, 2.24) is 0 Å². The molecule has 0 unspecified atom stereocenters. The summed E-state index contributed by atoms with van der Waals surface area (Å²) in [4.78, 5) is 0. The Labute approximate surface area is 97.7 Å². The molecule has 0 saturated carbocycles. The van der Waals surface area contributed by atoms with Crippen LogP contribution in [0.1, 0.15) is 11.1 Å². The van der Waals surface area contributed by atoms with Gasteiger partial charge < -0.3 is 0 Å². The summed E-state index contributed by atoms with van der Waals surface area (Å²) in [5, 5.41) is 0. The van der Waals surface area contributed by atoms with Gasteiger partial charge >= 0.3 is 0 Å². The largest absolute Gasteiger partial charge is 0.0622 e. The van der Waals surface area contributed by atoms with Gasteiger partial charge in [-0.3, -0.25) is 0 Å². The second-order valence-corrected chi connectivity index (χ2v) is 2.97. The van der Waals surface area contributed by atoms with Crippen molar-refractivity contribution in [1.29, 1.82) is 0 Å². The van der Waals surface area contributed by atoms with Crippen LogP contribution in [0, 0.1) is 6.42 Å². The zero-order valence-electron chi connectivity index (χ0n) is 8.06. The Morgan fingerprint density at radius 2 is 0.929 bits per heavy atom. The Bertz CT molecular complexity index is 316. The van der Waals surface area contributed by atoms with E-state index in [9.17, 15) is 0 Å². The number of rotatable bonds is 2. The van der Waals surface area contributed by atoms with Gasteiger partial charge in [-0.25, -0.2) is 0 Å².